The Balaban J connectivity index is 0.901. The number of fused-ring (bicyclic) bond motifs is 7. The largest absolute Gasteiger partial charge is 0.310 e. The summed E-state index contributed by atoms with van der Waals surface area (Å²) in [5.41, 5.74) is 25.3. The maximum atomic E-state index is 2.51. The lowest BCUT2D eigenvalue weighted by molar-refractivity contribution is 0.768. The van der Waals surface area contributed by atoms with Gasteiger partial charge in [0.05, 0.1) is 22.1 Å². The van der Waals surface area contributed by atoms with Crippen LogP contribution in [0.5, 0.6) is 0 Å². The van der Waals surface area contributed by atoms with Gasteiger partial charge in [0.15, 0.2) is 0 Å². The number of para-hydroxylation sites is 2. The van der Waals surface area contributed by atoms with Gasteiger partial charge in [-0.2, -0.15) is 0 Å². The summed E-state index contributed by atoms with van der Waals surface area (Å²) < 4.78 is 2.40. The smallest absolute Gasteiger partial charge is 0.0714 e. The summed E-state index contributed by atoms with van der Waals surface area (Å²) in [5.74, 6) is 0. The molecule has 0 aliphatic heterocycles. The van der Waals surface area contributed by atoms with E-state index in [1.807, 2.05) is 0 Å². The zero-order valence-electron chi connectivity index (χ0n) is 46.7. The van der Waals surface area contributed by atoms with Gasteiger partial charge < -0.3 is 9.47 Å². The molecule has 0 saturated heterocycles. The van der Waals surface area contributed by atoms with Crippen molar-refractivity contribution in [1.29, 1.82) is 0 Å². The summed E-state index contributed by atoms with van der Waals surface area (Å²) in [4.78, 5) is 2.51. The Labute approximate surface area is 496 Å². The second kappa shape index (κ2) is 20.7. The second-order valence-corrected chi connectivity index (χ2v) is 22.4. The van der Waals surface area contributed by atoms with Crippen molar-refractivity contribution in [2.45, 2.75) is 5.41 Å². The van der Waals surface area contributed by atoms with Crippen LogP contribution in [-0.2, 0) is 5.41 Å². The average molecular weight is 1080 g/mol. The standard InChI is InChI=1S/C83H56N2/c1-6-20-57(21-7-1)59-42-46-71(47-43-59)84(72-48-51-75-74-30-16-18-32-78(74)83(79(75)56-72,68-24-10-3-11-25-68)69-26-12-4-13-27-69)81-55-67(65-41-40-63-52-62(38-39-64(63)53-65)58-22-8-2-9-23-58)44-49-73(81)61-36-34-60(35-37-61)66-45-50-77-76-31-17-19-33-80(76)85(82(77)54-66)70-28-14-5-15-29-70/h1-56H. The molecule has 1 aliphatic rings. The monoisotopic (exact) mass is 1080 g/mol. The van der Waals surface area contributed by atoms with Crippen molar-refractivity contribution in [1.82, 2.24) is 4.57 Å². The Morgan fingerprint density at radius 3 is 1.36 bits per heavy atom. The van der Waals surface area contributed by atoms with Gasteiger partial charge in [0.1, 0.15) is 0 Å². The Morgan fingerprint density at radius 2 is 0.682 bits per heavy atom. The fraction of sp³-hybridized carbons (Fsp3) is 0.0120. The van der Waals surface area contributed by atoms with Crippen LogP contribution in [0.15, 0.2) is 340 Å². The number of aromatic nitrogens is 1. The van der Waals surface area contributed by atoms with Gasteiger partial charge in [-0.25, -0.2) is 0 Å². The molecule has 1 heterocycles. The Kier molecular flexibility index (Phi) is 12.1. The summed E-state index contributed by atoms with van der Waals surface area (Å²) in [6.45, 7) is 0. The zero-order valence-corrected chi connectivity index (χ0v) is 46.7. The Bertz CT molecular complexity index is 4910. The average Bonchev–Trinajstić information content (AvgIpc) is 2.11. The van der Waals surface area contributed by atoms with E-state index in [0.717, 1.165) is 50.6 Å². The van der Waals surface area contributed by atoms with Gasteiger partial charge in [-0.1, -0.05) is 273 Å². The van der Waals surface area contributed by atoms with Crippen LogP contribution < -0.4 is 4.90 Å². The van der Waals surface area contributed by atoms with E-state index in [2.05, 4.69) is 349 Å². The Hall–Kier alpha value is -11.1. The molecule has 14 aromatic carbocycles. The van der Waals surface area contributed by atoms with Gasteiger partial charge in [-0.3, -0.25) is 0 Å². The lowest BCUT2D eigenvalue weighted by Gasteiger charge is -2.35. The summed E-state index contributed by atoms with van der Waals surface area (Å²) in [6, 6.07) is 125. The lowest BCUT2D eigenvalue weighted by atomic mass is 9.67. The molecular formula is C83H56N2. The minimum absolute atomic E-state index is 0.586. The van der Waals surface area contributed by atoms with Crippen LogP contribution in [0, 0.1) is 0 Å². The van der Waals surface area contributed by atoms with Gasteiger partial charge in [0.25, 0.3) is 0 Å². The van der Waals surface area contributed by atoms with Gasteiger partial charge in [-0.05, 0) is 161 Å². The molecule has 398 valence electrons. The highest BCUT2D eigenvalue weighted by atomic mass is 15.1. The van der Waals surface area contributed by atoms with Gasteiger partial charge in [0.2, 0.25) is 0 Å². The molecular weight excluding hydrogens is 1020 g/mol. The highest BCUT2D eigenvalue weighted by Gasteiger charge is 2.46. The molecule has 0 atom stereocenters. The molecule has 2 heteroatoms. The second-order valence-electron chi connectivity index (χ2n) is 22.4. The molecule has 0 amide bonds. The molecule has 1 aliphatic carbocycles. The van der Waals surface area contributed by atoms with E-state index >= 15 is 0 Å². The maximum Gasteiger partial charge on any atom is 0.0714 e. The summed E-state index contributed by atoms with van der Waals surface area (Å²) >= 11 is 0. The zero-order chi connectivity index (χ0) is 56.3. The summed E-state index contributed by atoms with van der Waals surface area (Å²) in [7, 11) is 0. The van der Waals surface area contributed by atoms with Crippen LogP contribution >= 0.6 is 0 Å². The fourth-order valence-electron chi connectivity index (χ4n) is 13.7. The predicted molar refractivity (Wildman–Crippen MR) is 357 cm³/mol. The number of rotatable bonds is 11. The highest BCUT2D eigenvalue weighted by molar-refractivity contribution is 6.10. The van der Waals surface area contributed by atoms with Crippen molar-refractivity contribution in [3.63, 3.8) is 0 Å². The third kappa shape index (κ3) is 8.49. The lowest BCUT2D eigenvalue weighted by Crippen LogP contribution is -2.28. The minimum atomic E-state index is -0.586. The molecule has 15 aromatic rings. The van der Waals surface area contributed by atoms with Crippen LogP contribution in [-0.4, -0.2) is 4.57 Å². The molecule has 0 fully saturated rings. The van der Waals surface area contributed by atoms with E-state index in [4.69, 9.17) is 0 Å². The fourth-order valence-corrected chi connectivity index (χ4v) is 13.7. The van der Waals surface area contributed by atoms with Gasteiger partial charge in [0, 0.05) is 33.4 Å². The number of hydrogen-bond donors (Lipinski definition) is 0. The minimum Gasteiger partial charge on any atom is -0.310 e. The van der Waals surface area contributed by atoms with Crippen molar-refractivity contribution in [3.05, 3.63) is 362 Å². The van der Waals surface area contributed by atoms with E-state index in [0.29, 0.717) is 0 Å². The number of anilines is 3. The van der Waals surface area contributed by atoms with Crippen molar-refractivity contribution < 1.29 is 0 Å². The first-order chi connectivity index (χ1) is 42.1. The quantitative estimate of drug-likeness (QED) is 0.125. The van der Waals surface area contributed by atoms with Crippen LogP contribution in [0.1, 0.15) is 22.3 Å². The maximum absolute atomic E-state index is 2.51. The highest BCUT2D eigenvalue weighted by Crippen LogP contribution is 2.58. The molecule has 0 N–H and O–H groups in total. The molecule has 0 unspecified atom stereocenters. The van der Waals surface area contributed by atoms with Crippen LogP contribution in [0.2, 0.25) is 0 Å². The molecule has 0 saturated carbocycles. The van der Waals surface area contributed by atoms with Crippen molar-refractivity contribution in [2.75, 3.05) is 4.90 Å². The number of benzene rings is 14. The van der Waals surface area contributed by atoms with E-state index < -0.39 is 5.41 Å². The molecule has 16 rings (SSSR count). The van der Waals surface area contributed by atoms with Crippen LogP contribution in [0.3, 0.4) is 0 Å². The summed E-state index contributed by atoms with van der Waals surface area (Å²) in [6.07, 6.45) is 0. The van der Waals surface area contributed by atoms with E-state index in [1.54, 1.807) is 0 Å². The molecule has 85 heavy (non-hydrogen) atoms. The van der Waals surface area contributed by atoms with E-state index in [-0.39, 0.29) is 0 Å². The van der Waals surface area contributed by atoms with E-state index in [1.165, 1.54) is 93.8 Å². The van der Waals surface area contributed by atoms with E-state index in [9.17, 15) is 0 Å². The molecule has 1 aromatic heterocycles. The van der Waals surface area contributed by atoms with Gasteiger partial charge >= 0.3 is 0 Å². The topological polar surface area (TPSA) is 8.17 Å². The normalized spacial score (nSPS) is 12.3. The third-order valence-electron chi connectivity index (χ3n) is 17.7. The predicted octanol–water partition coefficient (Wildman–Crippen LogP) is 22.1. The van der Waals surface area contributed by atoms with Gasteiger partial charge in [-0.15, -0.1) is 0 Å². The van der Waals surface area contributed by atoms with Crippen LogP contribution in [0.25, 0.3) is 105 Å². The number of nitrogens with zero attached hydrogens (tertiary/aromatic N) is 2. The van der Waals surface area contributed by atoms with Crippen molar-refractivity contribution >= 4 is 49.6 Å². The first kappa shape index (κ1) is 49.7. The Morgan fingerprint density at radius 1 is 0.247 bits per heavy atom. The first-order valence-corrected chi connectivity index (χ1v) is 29.4. The number of hydrogen-bond acceptors (Lipinski definition) is 1. The van der Waals surface area contributed by atoms with Crippen molar-refractivity contribution in [2.24, 2.45) is 0 Å². The van der Waals surface area contributed by atoms with Crippen LogP contribution in [0.4, 0.5) is 17.1 Å². The molecule has 0 spiro atoms. The van der Waals surface area contributed by atoms with Crippen molar-refractivity contribution in [3.8, 4) is 72.4 Å². The first-order valence-electron chi connectivity index (χ1n) is 29.4. The molecule has 2 nitrogen and oxygen atoms in total. The molecule has 0 bridgehead atoms. The molecule has 0 radical (unpaired) electrons. The SMILES string of the molecule is c1ccc(-c2ccc(N(c3ccc4c(c3)C(c3ccccc3)(c3ccccc3)c3ccccc3-4)c3cc(-c4ccc5cc(-c6ccccc6)ccc5c4)ccc3-c3ccc(-c4ccc5c6ccccc6n(-c6ccccc6)c5c4)cc3)cc2)cc1. The summed E-state index contributed by atoms with van der Waals surface area (Å²) in [5, 5.41) is 4.90. The third-order valence-corrected chi connectivity index (χ3v) is 17.7.